The predicted octanol–water partition coefficient (Wildman–Crippen LogP) is 5.72. The Morgan fingerprint density at radius 2 is 1.55 bits per heavy atom. The molecule has 1 saturated carbocycles. The van der Waals surface area contributed by atoms with E-state index in [1.807, 2.05) is 51.2 Å². The highest BCUT2D eigenvalue weighted by Gasteiger charge is 2.55. The van der Waals surface area contributed by atoms with Crippen LogP contribution in [0.2, 0.25) is 0 Å². The Labute approximate surface area is 433 Å². The van der Waals surface area contributed by atoms with Crippen LogP contribution in [0.4, 0.5) is 0 Å². The van der Waals surface area contributed by atoms with Crippen molar-refractivity contribution in [2.24, 2.45) is 40.9 Å². The van der Waals surface area contributed by atoms with E-state index in [1.54, 1.807) is 40.9 Å². The molecule has 1 amide bonds. The van der Waals surface area contributed by atoms with Crippen LogP contribution in [0, 0.1) is 40.9 Å². The Balaban J connectivity index is 1.73. The summed E-state index contributed by atoms with van der Waals surface area (Å²) >= 11 is 0. The third-order valence-electron chi connectivity index (χ3n) is 15.8. The molecule has 4 rings (SSSR count). The number of ether oxygens (including phenoxy) is 6. The number of carbonyl (C=O) groups excluding carboxylic acids is 6. The third kappa shape index (κ3) is 16.0. The number of nitrogens with zero attached hydrogens (tertiary/aromatic N) is 1. The van der Waals surface area contributed by atoms with Gasteiger partial charge in [-0.1, -0.05) is 71.1 Å². The van der Waals surface area contributed by atoms with Crippen molar-refractivity contribution < 1.29 is 77.6 Å². The molecule has 3 heterocycles. The van der Waals surface area contributed by atoms with Crippen molar-refractivity contribution in [2.45, 2.75) is 187 Å². The van der Waals surface area contributed by atoms with Gasteiger partial charge in [-0.3, -0.25) is 24.0 Å². The molecule has 2 bridgehead atoms. The number of rotatable bonds is 10. The number of Topliss-reactive ketones (excluding diaryl/α,β-unsaturated/α-hetero) is 3. The van der Waals surface area contributed by atoms with Crippen molar-refractivity contribution in [3.63, 3.8) is 0 Å². The van der Waals surface area contributed by atoms with E-state index in [4.69, 9.17) is 28.4 Å². The summed E-state index contributed by atoms with van der Waals surface area (Å²) in [6.45, 7) is 12.7. The number of aliphatic hydroxyl groups is 4. The molecule has 0 radical (unpaired) electrons. The summed E-state index contributed by atoms with van der Waals surface area (Å²) in [6.07, 6.45) is 9.22. The Bertz CT molecular complexity index is 2010. The van der Waals surface area contributed by atoms with Gasteiger partial charge >= 0.3 is 17.7 Å². The molecule has 73 heavy (non-hydrogen) atoms. The van der Waals surface area contributed by atoms with Crippen molar-refractivity contribution >= 4 is 35.2 Å². The van der Waals surface area contributed by atoms with Crippen LogP contribution in [0.25, 0.3) is 0 Å². The monoisotopic (exact) mass is 1030 g/mol. The first-order chi connectivity index (χ1) is 34.5. The van der Waals surface area contributed by atoms with Crippen LogP contribution in [0.3, 0.4) is 0 Å². The average Bonchev–Trinajstić information content (AvgIpc) is 3.48. The van der Waals surface area contributed by atoms with Crippen molar-refractivity contribution in [1.29, 1.82) is 0 Å². The zero-order valence-electron chi connectivity index (χ0n) is 45.3. The fraction of sp³-hybridized carbons (Fsp3) is 0.750. The van der Waals surface area contributed by atoms with Crippen LogP contribution in [0.1, 0.15) is 132 Å². The predicted molar refractivity (Wildman–Crippen MR) is 271 cm³/mol. The molecule has 2 saturated heterocycles. The molecule has 1 aliphatic carbocycles. The van der Waals surface area contributed by atoms with Crippen LogP contribution in [-0.4, -0.2) is 156 Å². The molecule has 4 aliphatic rings. The second kappa shape index (κ2) is 28.3. The highest BCUT2D eigenvalue weighted by Crippen LogP contribution is 2.37. The second-order valence-electron chi connectivity index (χ2n) is 21.8. The molecule has 0 aromatic rings. The van der Waals surface area contributed by atoms with Gasteiger partial charge in [0.1, 0.15) is 41.7 Å². The SMILES string of the molecule is CO[C@H]1C[C@@H]2CC[C@@H](C)C(=O)C(O)(O2)C(=O)N2CCCC[C@H]2C(=O)OC([C@H](C)C[C@@H]2CC[C@@H](OC(=O)C(C)(CO)CO)[C@H](OC)C2)CC(=O)[C@H](C)/C=C(\C)[C@@H](O)[C@@H](OC)C(=O)[C@H](C)C[C@H](C)/C=C/C=C/C=C\1C. The molecule has 4 N–H and O–H groups in total. The van der Waals surface area contributed by atoms with E-state index in [-0.39, 0.29) is 49.2 Å². The van der Waals surface area contributed by atoms with E-state index in [9.17, 15) is 49.2 Å². The summed E-state index contributed by atoms with van der Waals surface area (Å²) in [5, 5.41) is 43.3. The minimum Gasteiger partial charge on any atom is -0.460 e. The van der Waals surface area contributed by atoms with Crippen LogP contribution in [0.5, 0.6) is 0 Å². The Morgan fingerprint density at radius 1 is 0.849 bits per heavy atom. The highest BCUT2D eigenvalue weighted by molar-refractivity contribution is 6.09. The number of carbonyl (C=O) groups is 6. The first kappa shape index (κ1) is 61.6. The van der Waals surface area contributed by atoms with Gasteiger partial charge in [0.05, 0.1) is 31.5 Å². The van der Waals surface area contributed by atoms with Gasteiger partial charge in [-0.15, -0.1) is 0 Å². The van der Waals surface area contributed by atoms with Crippen molar-refractivity contribution in [1.82, 2.24) is 4.90 Å². The van der Waals surface area contributed by atoms with Crippen molar-refractivity contribution in [3.05, 3.63) is 47.6 Å². The fourth-order valence-corrected chi connectivity index (χ4v) is 10.7. The summed E-state index contributed by atoms with van der Waals surface area (Å²) in [5.74, 6) is -9.42. The zero-order chi connectivity index (χ0) is 54.4. The quantitative estimate of drug-likeness (QED) is 0.116. The zero-order valence-corrected chi connectivity index (χ0v) is 45.3. The summed E-state index contributed by atoms with van der Waals surface area (Å²) in [7, 11) is 4.42. The lowest BCUT2D eigenvalue weighted by Crippen LogP contribution is -2.62. The maximum atomic E-state index is 14.8. The van der Waals surface area contributed by atoms with Gasteiger partial charge in [0, 0.05) is 58.5 Å². The molecular formula is C56H87NO16. The number of hydrogen-bond donors (Lipinski definition) is 4. The fourth-order valence-electron chi connectivity index (χ4n) is 10.7. The molecule has 17 nitrogen and oxygen atoms in total. The maximum Gasteiger partial charge on any atom is 0.329 e. The highest BCUT2D eigenvalue weighted by atomic mass is 16.6. The molecule has 412 valence electrons. The lowest BCUT2D eigenvalue weighted by Gasteiger charge is -2.40. The number of ketones is 3. The van der Waals surface area contributed by atoms with Crippen LogP contribution >= 0.6 is 0 Å². The average molecular weight is 1030 g/mol. The lowest BCUT2D eigenvalue weighted by molar-refractivity contribution is -0.231. The van der Waals surface area contributed by atoms with E-state index in [0.717, 1.165) is 5.57 Å². The Kier molecular flexibility index (Phi) is 23.9. The Hall–Kier alpha value is -3.94. The first-order valence-corrected chi connectivity index (χ1v) is 26.4. The van der Waals surface area contributed by atoms with Gasteiger partial charge in [-0.2, -0.15) is 0 Å². The van der Waals surface area contributed by atoms with Gasteiger partial charge in [0.2, 0.25) is 5.78 Å². The van der Waals surface area contributed by atoms with Crippen molar-refractivity contribution in [2.75, 3.05) is 41.1 Å². The number of esters is 2. The molecule has 15 atom stereocenters. The second-order valence-corrected chi connectivity index (χ2v) is 21.8. The summed E-state index contributed by atoms with van der Waals surface area (Å²) in [5.41, 5.74) is -0.310. The molecule has 0 aromatic carbocycles. The molecule has 2 unspecified atom stereocenters. The number of methoxy groups -OCH3 is 3. The number of cyclic esters (lactones) is 1. The topological polar surface area (TPSA) is 242 Å². The van der Waals surface area contributed by atoms with Gasteiger partial charge in [-0.25, -0.2) is 4.79 Å². The largest absolute Gasteiger partial charge is 0.460 e. The Morgan fingerprint density at radius 3 is 2.19 bits per heavy atom. The smallest absolute Gasteiger partial charge is 0.329 e. The van der Waals surface area contributed by atoms with Crippen molar-refractivity contribution in [3.8, 4) is 0 Å². The minimum absolute atomic E-state index is 0.0116. The number of allylic oxidation sites excluding steroid dienone is 6. The molecule has 17 heteroatoms. The summed E-state index contributed by atoms with van der Waals surface area (Å²) in [4.78, 5) is 85.7. The summed E-state index contributed by atoms with van der Waals surface area (Å²) < 4.78 is 35.6. The number of aliphatic hydroxyl groups excluding tert-OH is 3. The van der Waals surface area contributed by atoms with E-state index < -0.39 is 120 Å². The molecular weight excluding hydrogens is 943 g/mol. The number of piperidine rings is 1. The number of fused-ring (bicyclic) bond motifs is 3. The van der Waals surface area contributed by atoms with Gasteiger partial charge in [0.15, 0.2) is 5.78 Å². The maximum absolute atomic E-state index is 14.8. The van der Waals surface area contributed by atoms with E-state index >= 15 is 0 Å². The van der Waals surface area contributed by atoms with Crippen LogP contribution in [0.15, 0.2) is 47.6 Å². The molecule has 0 aromatic heterocycles. The lowest BCUT2D eigenvalue weighted by atomic mass is 9.78. The normalized spacial score (nSPS) is 37.4. The molecule has 3 aliphatic heterocycles. The molecule has 0 spiro atoms. The van der Waals surface area contributed by atoms with E-state index in [0.29, 0.717) is 63.4 Å². The van der Waals surface area contributed by atoms with E-state index in [2.05, 4.69) is 0 Å². The third-order valence-corrected chi connectivity index (χ3v) is 15.8. The summed E-state index contributed by atoms with van der Waals surface area (Å²) in [6, 6.07) is -1.22. The number of amides is 1. The number of hydrogen-bond acceptors (Lipinski definition) is 16. The molecule has 3 fully saturated rings. The van der Waals surface area contributed by atoms with Crippen LogP contribution < -0.4 is 0 Å². The van der Waals surface area contributed by atoms with Gasteiger partial charge < -0.3 is 53.7 Å². The standard InChI is InChI=1S/C56H87NO16/c1-33-17-13-12-14-18-34(2)45(68-9)29-41-22-20-35(3)51(63)56(67,73-41)53(65)57-24-16-15-19-42(57)52(64)71-46(30-43(60)36(4)26-39(7)49(62)50(70-11)48(61)38(6)25-33)37(5)27-40-21-23-44(47(28-40)69-10)72-54(66)55(8,31-58)32-59/h12-14,17-18,26,33,35-38,40-42,44-47,49-50,58-59,62,67H,15-16,19-25,27-32H2,1-11H3/b14-12+,17-13+,34-18-,39-26+/t33-,35-,36-,37-,38-,40+,41+,42+,44-,45+,46?,47-,49-,50+,56?/m1/s1. The minimum atomic E-state index is -2.90. The van der Waals surface area contributed by atoms with Gasteiger partial charge in [0.25, 0.3) is 5.91 Å². The van der Waals surface area contributed by atoms with Gasteiger partial charge in [-0.05, 0) is 114 Å². The first-order valence-electron chi connectivity index (χ1n) is 26.4. The van der Waals surface area contributed by atoms with E-state index in [1.165, 1.54) is 26.0 Å². The van der Waals surface area contributed by atoms with Crippen LogP contribution in [-0.2, 0) is 57.2 Å².